The Kier molecular flexibility index (Phi) is 5.16. The highest BCUT2D eigenvalue weighted by molar-refractivity contribution is 5.95. The number of rotatable bonds is 5. The molecule has 0 aliphatic carbocycles. The molecule has 2 aromatic rings. The van der Waals surface area contributed by atoms with Crippen molar-refractivity contribution in [2.75, 3.05) is 50.1 Å². The average molecular weight is 343 g/mol. The summed E-state index contributed by atoms with van der Waals surface area (Å²) in [6.45, 7) is 4.97. The van der Waals surface area contributed by atoms with Gasteiger partial charge in [-0.2, -0.15) is 10.1 Å². The third kappa shape index (κ3) is 3.72. The first-order chi connectivity index (χ1) is 12.1. The molecule has 3 rings (SSSR count). The number of amides is 1. The minimum absolute atomic E-state index is 0.0634. The molecule has 0 saturated carbocycles. The second-order valence-electron chi connectivity index (χ2n) is 6.40. The Labute approximate surface area is 147 Å². The summed E-state index contributed by atoms with van der Waals surface area (Å²) in [5, 5.41) is 6.99. The second kappa shape index (κ2) is 7.50. The number of hydrogen-bond acceptors (Lipinski definition) is 6. The molecule has 3 heterocycles. The smallest absolute Gasteiger partial charge is 0.257 e. The highest BCUT2D eigenvalue weighted by atomic mass is 16.2. The van der Waals surface area contributed by atoms with Crippen LogP contribution in [0.15, 0.2) is 18.5 Å². The number of anilines is 2. The molecule has 0 spiro atoms. The van der Waals surface area contributed by atoms with Gasteiger partial charge in [0.05, 0.1) is 11.8 Å². The lowest BCUT2D eigenvalue weighted by atomic mass is 10.1. The molecule has 1 aliphatic rings. The molecule has 0 aromatic carbocycles. The van der Waals surface area contributed by atoms with Crippen molar-refractivity contribution in [1.82, 2.24) is 25.1 Å². The van der Waals surface area contributed by atoms with Crippen LogP contribution in [0, 0.1) is 0 Å². The lowest BCUT2D eigenvalue weighted by Gasteiger charge is -2.35. The van der Waals surface area contributed by atoms with E-state index in [4.69, 9.17) is 0 Å². The highest BCUT2D eigenvalue weighted by Gasteiger charge is 2.25. The van der Waals surface area contributed by atoms with Crippen LogP contribution in [-0.4, -0.2) is 71.2 Å². The summed E-state index contributed by atoms with van der Waals surface area (Å²) in [7, 11) is 3.85. The van der Waals surface area contributed by atoms with Gasteiger partial charge in [-0.15, -0.1) is 0 Å². The molecule has 1 aliphatic heterocycles. The van der Waals surface area contributed by atoms with Gasteiger partial charge in [0, 0.05) is 52.2 Å². The number of nitrogens with one attached hydrogen (secondary N) is 1. The third-order valence-electron chi connectivity index (χ3n) is 4.37. The van der Waals surface area contributed by atoms with Crippen LogP contribution in [0.2, 0.25) is 0 Å². The predicted octanol–water partition coefficient (Wildman–Crippen LogP) is 1.18. The molecule has 1 saturated heterocycles. The van der Waals surface area contributed by atoms with E-state index >= 15 is 0 Å². The maximum Gasteiger partial charge on any atom is 0.257 e. The summed E-state index contributed by atoms with van der Waals surface area (Å²) in [6.07, 6.45) is 5.25. The molecule has 134 valence electrons. The lowest BCUT2D eigenvalue weighted by molar-refractivity contribution is 0.0745. The van der Waals surface area contributed by atoms with E-state index < -0.39 is 0 Å². The number of aromatic nitrogens is 4. The van der Waals surface area contributed by atoms with Crippen LogP contribution in [0.1, 0.15) is 29.4 Å². The second-order valence-corrected chi connectivity index (χ2v) is 6.40. The lowest BCUT2D eigenvalue weighted by Crippen LogP contribution is -2.49. The third-order valence-corrected chi connectivity index (χ3v) is 4.37. The summed E-state index contributed by atoms with van der Waals surface area (Å²) >= 11 is 0. The minimum Gasteiger partial charge on any atom is -0.353 e. The maximum atomic E-state index is 12.8. The molecule has 0 bridgehead atoms. The van der Waals surface area contributed by atoms with E-state index in [0.29, 0.717) is 24.6 Å². The number of piperazine rings is 1. The molecule has 8 heteroatoms. The topological polar surface area (TPSA) is 81.2 Å². The van der Waals surface area contributed by atoms with E-state index in [1.807, 2.05) is 30.0 Å². The summed E-state index contributed by atoms with van der Waals surface area (Å²) < 4.78 is 0. The first-order valence-corrected chi connectivity index (χ1v) is 8.67. The van der Waals surface area contributed by atoms with Gasteiger partial charge in [-0.3, -0.25) is 9.89 Å². The van der Waals surface area contributed by atoms with E-state index in [-0.39, 0.29) is 5.91 Å². The van der Waals surface area contributed by atoms with Crippen LogP contribution in [0.5, 0.6) is 0 Å². The minimum atomic E-state index is 0.0634. The Bertz CT molecular complexity index is 719. The predicted molar refractivity (Wildman–Crippen MR) is 97.1 cm³/mol. The first kappa shape index (κ1) is 17.2. The number of aryl methyl sites for hydroxylation is 1. The van der Waals surface area contributed by atoms with Crippen LogP contribution < -0.4 is 9.80 Å². The van der Waals surface area contributed by atoms with Crippen LogP contribution in [-0.2, 0) is 6.42 Å². The van der Waals surface area contributed by atoms with E-state index in [2.05, 4.69) is 32.0 Å². The Morgan fingerprint density at radius 1 is 1.28 bits per heavy atom. The van der Waals surface area contributed by atoms with Crippen LogP contribution in [0.25, 0.3) is 0 Å². The Morgan fingerprint density at radius 2 is 2.04 bits per heavy atom. The number of hydrogen-bond donors (Lipinski definition) is 1. The van der Waals surface area contributed by atoms with E-state index in [1.54, 1.807) is 12.4 Å². The Morgan fingerprint density at radius 3 is 2.72 bits per heavy atom. The summed E-state index contributed by atoms with van der Waals surface area (Å²) in [5.74, 6) is 1.66. The first-order valence-electron chi connectivity index (χ1n) is 8.67. The molecule has 25 heavy (non-hydrogen) atoms. The van der Waals surface area contributed by atoms with Crippen molar-refractivity contribution in [2.45, 2.75) is 19.8 Å². The van der Waals surface area contributed by atoms with Crippen molar-refractivity contribution < 1.29 is 4.79 Å². The SMILES string of the molecule is CCCc1[nH]ncc1C(=O)N1CCN(c2ccnc(N(C)C)n2)CC1. The normalized spacial score (nSPS) is 14.7. The zero-order valence-electron chi connectivity index (χ0n) is 15.1. The van der Waals surface area contributed by atoms with E-state index in [9.17, 15) is 4.79 Å². The quantitative estimate of drug-likeness (QED) is 0.878. The van der Waals surface area contributed by atoms with Gasteiger partial charge in [0.1, 0.15) is 5.82 Å². The van der Waals surface area contributed by atoms with Gasteiger partial charge < -0.3 is 14.7 Å². The zero-order chi connectivity index (χ0) is 17.8. The number of carbonyl (C=O) groups is 1. The van der Waals surface area contributed by atoms with Gasteiger partial charge in [0.2, 0.25) is 5.95 Å². The maximum absolute atomic E-state index is 12.8. The molecular weight excluding hydrogens is 318 g/mol. The van der Waals surface area contributed by atoms with Gasteiger partial charge in [-0.25, -0.2) is 4.98 Å². The van der Waals surface area contributed by atoms with Gasteiger partial charge in [-0.05, 0) is 12.5 Å². The molecular formula is C17H25N7O. The highest BCUT2D eigenvalue weighted by Crippen LogP contribution is 2.18. The van der Waals surface area contributed by atoms with Gasteiger partial charge in [-0.1, -0.05) is 13.3 Å². The molecule has 8 nitrogen and oxygen atoms in total. The standard InChI is InChI=1S/C17H25N7O/c1-4-5-14-13(12-19-21-14)16(25)24-10-8-23(9-11-24)15-6-7-18-17(20-15)22(2)3/h6-7,12H,4-5,8-11H2,1-3H3,(H,19,21). The molecule has 0 radical (unpaired) electrons. The zero-order valence-corrected chi connectivity index (χ0v) is 15.1. The molecule has 2 aromatic heterocycles. The van der Waals surface area contributed by atoms with Gasteiger partial charge in [0.25, 0.3) is 5.91 Å². The van der Waals surface area contributed by atoms with E-state index in [0.717, 1.165) is 37.4 Å². The number of aromatic amines is 1. The van der Waals surface area contributed by atoms with Crippen molar-refractivity contribution >= 4 is 17.7 Å². The van der Waals surface area contributed by atoms with Crippen molar-refractivity contribution in [2.24, 2.45) is 0 Å². The molecule has 1 amide bonds. The number of nitrogens with zero attached hydrogens (tertiary/aromatic N) is 6. The number of H-pyrrole nitrogens is 1. The molecule has 1 fully saturated rings. The summed E-state index contributed by atoms with van der Waals surface area (Å²) in [4.78, 5) is 27.6. The van der Waals surface area contributed by atoms with Crippen molar-refractivity contribution in [3.63, 3.8) is 0 Å². The van der Waals surface area contributed by atoms with Crippen LogP contribution >= 0.6 is 0 Å². The van der Waals surface area contributed by atoms with Crippen molar-refractivity contribution in [3.8, 4) is 0 Å². The summed E-state index contributed by atoms with van der Waals surface area (Å²) in [6, 6.07) is 1.92. The van der Waals surface area contributed by atoms with Crippen molar-refractivity contribution in [3.05, 3.63) is 29.7 Å². The molecule has 0 atom stereocenters. The van der Waals surface area contributed by atoms with Crippen LogP contribution in [0.4, 0.5) is 11.8 Å². The molecule has 0 unspecified atom stereocenters. The summed E-state index contributed by atoms with van der Waals surface area (Å²) in [5.41, 5.74) is 1.63. The monoisotopic (exact) mass is 343 g/mol. The largest absolute Gasteiger partial charge is 0.353 e. The van der Waals surface area contributed by atoms with Crippen LogP contribution in [0.3, 0.4) is 0 Å². The van der Waals surface area contributed by atoms with Gasteiger partial charge >= 0.3 is 0 Å². The number of carbonyl (C=O) groups excluding carboxylic acids is 1. The van der Waals surface area contributed by atoms with E-state index in [1.165, 1.54) is 0 Å². The van der Waals surface area contributed by atoms with Gasteiger partial charge in [0.15, 0.2) is 0 Å². The molecule has 1 N–H and O–H groups in total. The Balaban J connectivity index is 1.64. The fraction of sp³-hybridized carbons (Fsp3) is 0.529. The fourth-order valence-corrected chi connectivity index (χ4v) is 2.98. The average Bonchev–Trinajstić information content (AvgIpc) is 3.10. The van der Waals surface area contributed by atoms with Crippen molar-refractivity contribution in [1.29, 1.82) is 0 Å². The Hall–Kier alpha value is -2.64. The fourth-order valence-electron chi connectivity index (χ4n) is 2.98.